The van der Waals surface area contributed by atoms with Gasteiger partial charge in [0.05, 0.1) is 13.2 Å². The summed E-state index contributed by atoms with van der Waals surface area (Å²) >= 11 is 0. The van der Waals surface area contributed by atoms with Crippen LogP contribution >= 0.6 is 0 Å². The number of hydrogen-bond donors (Lipinski definition) is 1. The fourth-order valence-electron chi connectivity index (χ4n) is 1.12. The third-order valence-electron chi connectivity index (χ3n) is 1.56. The van der Waals surface area contributed by atoms with Gasteiger partial charge in [0.2, 0.25) is 0 Å². The van der Waals surface area contributed by atoms with E-state index in [0.29, 0.717) is 6.61 Å². The number of nitrogens with one attached hydrogen (secondary N) is 1. The molecule has 0 amide bonds. The third-order valence-corrected chi connectivity index (χ3v) is 1.56. The van der Waals surface area contributed by atoms with Gasteiger partial charge in [-0.1, -0.05) is 0 Å². The topological polar surface area (TPSA) is 21.3 Å². The van der Waals surface area contributed by atoms with E-state index >= 15 is 0 Å². The van der Waals surface area contributed by atoms with E-state index in [9.17, 15) is 8.78 Å². The Morgan fingerprint density at radius 1 is 1.70 bits per heavy atom. The zero-order valence-corrected chi connectivity index (χ0v) is 5.86. The maximum atomic E-state index is 12.4. The van der Waals surface area contributed by atoms with Gasteiger partial charge in [-0.25, -0.2) is 8.78 Å². The van der Waals surface area contributed by atoms with E-state index in [1.807, 2.05) is 0 Å². The second-order valence-corrected chi connectivity index (χ2v) is 2.59. The molecule has 0 aromatic heterocycles. The molecule has 1 aliphatic heterocycles. The van der Waals surface area contributed by atoms with Crippen molar-refractivity contribution < 1.29 is 13.5 Å². The Bertz CT molecular complexity index is 118. The monoisotopic (exact) mass is 151 g/mol. The zero-order valence-electron chi connectivity index (χ0n) is 5.86. The van der Waals surface area contributed by atoms with Gasteiger partial charge in [0, 0.05) is 19.6 Å². The van der Waals surface area contributed by atoms with Crippen LogP contribution in [0.2, 0.25) is 0 Å². The Morgan fingerprint density at radius 2 is 2.40 bits per heavy atom. The molecule has 1 atom stereocenters. The fraction of sp³-hybridized carbons (Fsp3) is 1.00. The Balaban J connectivity index is 2.29. The lowest BCUT2D eigenvalue weighted by atomic mass is 10.2. The van der Waals surface area contributed by atoms with Gasteiger partial charge >= 0.3 is 0 Å². The van der Waals surface area contributed by atoms with Crippen LogP contribution in [-0.4, -0.2) is 32.2 Å². The summed E-state index contributed by atoms with van der Waals surface area (Å²) in [6.45, 7) is 0.163. The summed E-state index contributed by atoms with van der Waals surface area (Å²) in [5.41, 5.74) is 0. The van der Waals surface area contributed by atoms with Gasteiger partial charge in [0.15, 0.2) is 0 Å². The van der Waals surface area contributed by atoms with Crippen LogP contribution in [0.1, 0.15) is 6.42 Å². The molecule has 60 valence electrons. The van der Waals surface area contributed by atoms with Crippen LogP contribution in [0.15, 0.2) is 0 Å². The third kappa shape index (κ3) is 1.88. The van der Waals surface area contributed by atoms with Crippen LogP contribution in [0.3, 0.4) is 0 Å². The lowest BCUT2D eigenvalue weighted by Gasteiger charge is -2.07. The molecule has 1 heterocycles. The Morgan fingerprint density at radius 3 is 2.80 bits per heavy atom. The molecule has 1 fully saturated rings. The lowest BCUT2D eigenvalue weighted by molar-refractivity contribution is 0.0181. The van der Waals surface area contributed by atoms with E-state index in [2.05, 4.69) is 5.32 Å². The van der Waals surface area contributed by atoms with Gasteiger partial charge in [-0.05, 0) is 0 Å². The molecule has 0 bridgehead atoms. The van der Waals surface area contributed by atoms with E-state index in [1.54, 1.807) is 0 Å². The molecule has 0 spiro atoms. The molecule has 2 nitrogen and oxygen atoms in total. The standard InChI is InChI=1S/C6H11F2NO/c1-10-3-5-2-6(7,8)4-9-5/h5,9H,2-4H2,1H3/t5-/m0/s1. The van der Waals surface area contributed by atoms with Crippen molar-refractivity contribution in [3.8, 4) is 0 Å². The number of ether oxygens (including phenoxy) is 1. The van der Waals surface area contributed by atoms with E-state index in [4.69, 9.17) is 4.74 Å². The van der Waals surface area contributed by atoms with Crippen LogP contribution in [0.25, 0.3) is 0 Å². The molecular formula is C6H11F2NO. The van der Waals surface area contributed by atoms with Gasteiger partial charge in [-0.15, -0.1) is 0 Å². The molecule has 0 unspecified atom stereocenters. The first-order chi connectivity index (χ1) is 4.64. The number of hydrogen-bond acceptors (Lipinski definition) is 2. The average molecular weight is 151 g/mol. The number of methoxy groups -OCH3 is 1. The fourth-order valence-corrected chi connectivity index (χ4v) is 1.12. The molecule has 1 saturated heterocycles. The molecule has 1 rings (SSSR count). The summed E-state index contributed by atoms with van der Waals surface area (Å²) in [5, 5.41) is 2.67. The maximum Gasteiger partial charge on any atom is 0.261 e. The molecule has 0 aliphatic carbocycles. The van der Waals surface area contributed by atoms with Crippen molar-refractivity contribution in [3.63, 3.8) is 0 Å². The molecule has 0 aromatic rings. The molecule has 10 heavy (non-hydrogen) atoms. The molecule has 4 heteroatoms. The predicted octanol–water partition coefficient (Wildman–Crippen LogP) is 0.630. The van der Waals surface area contributed by atoms with Gasteiger partial charge in [0.25, 0.3) is 5.92 Å². The van der Waals surface area contributed by atoms with E-state index < -0.39 is 5.92 Å². The Kier molecular flexibility index (Phi) is 2.21. The van der Waals surface area contributed by atoms with Crippen molar-refractivity contribution in [3.05, 3.63) is 0 Å². The average Bonchev–Trinajstić information content (AvgIpc) is 2.12. The van der Waals surface area contributed by atoms with Crippen molar-refractivity contribution in [1.29, 1.82) is 0 Å². The van der Waals surface area contributed by atoms with Crippen molar-refractivity contribution in [1.82, 2.24) is 5.32 Å². The smallest absolute Gasteiger partial charge is 0.261 e. The first-order valence-corrected chi connectivity index (χ1v) is 3.24. The van der Waals surface area contributed by atoms with Crippen molar-refractivity contribution >= 4 is 0 Å². The second kappa shape index (κ2) is 2.80. The van der Waals surface area contributed by atoms with Crippen LogP contribution in [0, 0.1) is 0 Å². The summed E-state index contributed by atoms with van der Waals surface area (Å²) in [4.78, 5) is 0. The summed E-state index contributed by atoms with van der Waals surface area (Å²) in [5.74, 6) is -2.52. The van der Waals surface area contributed by atoms with Gasteiger partial charge in [0.1, 0.15) is 0 Å². The zero-order chi connectivity index (χ0) is 7.61. The Hall–Kier alpha value is -0.220. The number of rotatable bonds is 2. The van der Waals surface area contributed by atoms with Crippen molar-refractivity contribution in [2.75, 3.05) is 20.3 Å². The maximum absolute atomic E-state index is 12.4. The molecular weight excluding hydrogens is 140 g/mol. The SMILES string of the molecule is COC[C@@H]1CC(F)(F)CN1. The number of alkyl halides is 2. The summed E-state index contributed by atoms with van der Waals surface area (Å²) in [6, 6.07) is -0.167. The van der Waals surface area contributed by atoms with Crippen molar-refractivity contribution in [2.45, 2.75) is 18.4 Å². The van der Waals surface area contributed by atoms with Gasteiger partial charge < -0.3 is 10.1 Å². The molecule has 0 radical (unpaired) electrons. The van der Waals surface area contributed by atoms with Crippen LogP contribution in [-0.2, 0) is 4.74 Å². The summed E-state index contributed by atoms with van der Waals surface area (Å²) < 4.78 is 29.5. The lowest BCUT2D eigenvalue weighted by Crippen LogP contribution is -2.26. The van der Waals surface area contributed by atoms with E-state index in [-0.39, 0.29) is 19.0 Å². The summed E-state index contributed by atoms with van der Waals surface area (Å²) in [7, 11) is 1.51. The minimum absolute atomic E-state index is 0.0964. The highest BCUT2D eigenvalue weighted by atomic mass is 19.3. The molecule has 0 saturated carbocycles. The normalized spacial score (nSPS) is 30.9. The van der Waals surface area contributed by atoms with Gasteiger partial charge in [-0.2, -0.15) is 0 Å². The second-order valence-electron chi connectivity index (χ2n) is 2.59. The minimum Gasteiger partial charge on any atom is -0.383 e. The van der Waals surface area contributed by atoms with Crippen LogP contribution in [0.5, 0.6) is 0 Å². The highest BCUT2D eigenvalue weighted by Crippen LogP contribution is 2.24. The Labute approximate surface area is 58.6 Å². The molecule has 0 aromatic carbocycles. The quantitative estimate of drug-likeness (QED) is 0.625. The van der Waals surface area contributed by atoms with Crippen LogP contribution < -0.4 is 5.32 Å². The molecule has 1 aliphatic rings. The highest BCUT2D eigenvalue weighted by Gasteiger charge is 2.38. The van der Waals surface area contributed by atoms with Crippen molar-refractivity contribution in [2.24, 2.45) is 0 Å². The van der Waals surface area contributed by atoms with E-state index in [0.717, 1.165) is 0 Å². The first-order valence-electron chi connectivity index (χ1n) is 3.24. The largest absolute Gasteiger partial charge is 0.383 e. The summed E-state index contributed by atoms with van der Waals surface area (Å²) in [6.07, 6.45) is -0.0964. The predicted molar refractivity (Wildman–Crippen MR) is 33.2 cm³/mol. The van der Waals surface area contributed by atoms with E-state index in [1.165, 1.54) is 7.11 Å². The van der Waals surface area contributed by atoms with Gasteiger partial charge in [-0.3, -0.25) is 0 Å². The first kappa shape index (κ1) is 7.88. The minimum atomic E-state index is -2.52. The number of halogens is 2. The highest BCUT2D eigenvalue weighted by molar-refractivity contribution is 4.86. The van der Waals surface area contributed by atoms with Crippen LogP contribution in [0.4, 0.5) is 8.78 Å². The molecule has 1 N–H and O–H groups in total.